The van der Waals surface area contributed by atoms with Gasteiger partial charge in [0.25, 0.3) is 5.91 Å². The van der Waals surface area contributed by atoms with Crippen LogP contribution in [0, 0.1) is 11.3 Å². The molecule has 0 saturated heterocycles. The highest BCUT2D eigenvalue weighted by atomic mass is 16.2. The largest absolute Gasteiger partial charge is 0.343 e. The Morgan fingerprint density at radius 2 is 1.83 bits per heavy atom. The Balaban J connectivity index is 1.56. The van der Waals surface area contributed by atoms with Crippen LogP contribution < -0.4 is 10.6 Å². The molecule has 0 atom stereocenters. The molecule has 0 aliphatic rings. The molecule has 0 unspecified atom stereocenters. The smallest absolute Gasteiger partial charge is 0.251 e. The molecule has 2 aromatic carbocycles. The number of nitrogens with one attached hydrogen (secondary N) is 3. The number of nitriles is 1. The fourth-order valence-corrected chi connectivity index (χ4v) is 2.08. The van der Waals surface area contributed by atoms with Crippen LogP contribution >= 0.6 is 0 Å². The molecular formula is C16H12N6O2. The number of aromatic nitrogens is 3. The lowest BCUT2D eigenvalue weighted by atomic mass is 10.1. The van der Waals surface area contributed by atoms with E-state index >= 15 is 0 Å². The van der Waals surface area contributed by atoms with Crippen molar-refractivity contribution in [3.05, 3.63) is 53.6 Å². The summed E-state index contributed by atoms with van der Waals surface area (Å²) in [6.45, 7) is -0.171. The predicted octanol–water partition coefficient (Wildman–Crippen LogP) is 1.20. The van der Waals surface area contributed by atoms with Crippen LogP contribution in [0.2, 0.25) is 0 Å². The van der Waals surface area contributed by atoms with E-state index in [1.165, 1.54) is 12.1 Å². The zero-order valence-corrected chi connectivity index (χ0v) is 12.4. The summed E-state index contributed by atoms with van der Waals surface area (Å²) in [6.07, 6.45) is 0. The summed E-state index contributed by atoms with van der Waals surface area (Å²) in [5, 5.41) is 24.3. The fourth-order valence-electron chi connectivity index (χ4n) is 2.08. The van der Waals surface area contributed by atoms with Gasteiger partial charge in [-0.3, -0.25) is 9.59 Å². The van der Waals surface area contributed by atoms with Crippen LogP contribution in [-0.2, 0) is 4.79 Å². The van der Waals surface area contributed by atoms with Crippen LogP contribution in [0.1, 0.15) is 15.9 Å². The molecular weight excluding hydrogens is 308 g/mol. The SMILES string of the molecule is N#Cc1ccc(C(=O)NCC(=O)Nc2ccc3n[nH]nc3c2)cc1. The number of carbonyl (C=O) groups is 2. The summed E-state index contributed by atoms with van der Waals surface area (Å²) in [4.78, 5) is 23.9. The van der Waals surface area contributed by atoms with E-state index in [2.05, 4.69) is 26.0 Å². The zero-order valence-electron chi connectivity index (χ0n) is 12.4. The minimum Gasteiger partial charge on any atom is -0.343 e. The van der Waals surface area contributed by atoms with E-state index in [9.17, 15) is 9.59 Å². The monoisotopic (exact) mass is 320 g/mol. The van der Waals surface area contributed by atoms with Crippen LogP contribution in [0.25, 0.3) is 11.0 Å². The Bertz CT molecular complexity index is 939. The van der Waals surface area contributed by atoms with Crippen molar-refractivity contribution in [1.29, 1.82) is 5.26 Å². The summed E-state index contributed by atoms with van der Waals surface area (Å²) >= 11 is 0. The Morgan fingerprint density at radius 1 is 1.08 bits per heavy atom. The number of amides is 2. The summed E-state index contributed by atoms with van der Waals surface area (Å²) in [6, 6.07) is 13.2. The summed E-state index contributed by atoms with van der Waals surface area (Å²) in [7, 11) is 0. The maximum atomic E-state index is 11.9. The molecule has 3 rings (SSSR count). The first-order valence-electron chi connectivity index (χ1n) is 7.04. The zero-order chi connectivity index (χ0) is 16.9. The van der Waals surface area contributed by atoms with E-state index < -0.39 is 0 Å². The maximum Gasteiger partial charge on any atom is 0.251 e. The van der Waals surface area contributed by atoms with Gasteiger partial charge in [0.1, 0.15) is 11.0 Å². The Labute approximate surface area is 136 Å². The van der Waals surface area contributed by atoms with Crippen molar-refractivity contribution in [1.82, 2.24) is 20.7 Å². The van der Waals surface area contributed by atoms with Crippen molar-refractivity contribution in [2.45, 2.75) is 0 Å². The lowest BCUT2D eigenvalue weighted by Gasteiger charge is -2.07. The van der Waals surface area contributed by atoms with E-state index in [1.807, 2.05) is 6.07 Å². The fraction of sp³-hybridized carbons (Fsp3) is 0.0625. The third-order valence-corrected chi connectivity index (χ3v) is 3.29. The van der Waals surface area contributed by atoms with Gasteiger partial charge in [0.2, 0.25) is 5.91 Å². The van der Waals surface area contributed by atoms with Crippen molar-refractivity contribution in [3.8, 4) is 6.07 Å². The summed E-state index contributed by atoms with van der Waals surface area (Å²) in [5.74, 6) is -0.749. The second-order valence-corrected chi connectivity index (χ2v) is 4.95. The highest BCUT2D eigenvalue weighted by Gasteiger charge is 2.09. The number of fused-ring (bicyclic) bond motifs is 1. The predicted molar refractivity (Wildman–Crippen MR) is 86.0 cm³/mol. The van der Waals surface area contributed by atoms with Crippen LogP contribution in [-0.4, -0.2) is 33.8 Å². The van der Waals surface area contributed by atoms with Gasteiger partial charge >= 0.3 is 0 Å². The lowest BCUT2D eigenvalue weighted by Crippen LogP contribution is -2.32. The van der Waals surface area contributed by atoms with Crippen molar-refractivity contribution < 1.29 is 9.59 Å². The summed E-state index contributed by atoms with van der Waals surface area (Å²) in [5.41, 5.74) is 2.74. The van der Waals surface area contributed by atoms with Gasteiger partial charge in [0.05, 0.1) is 18.2 Å². The van der Waals surface area contributed by atoms with Gasteiger partial charge in [-0.2, -0.15) is 20.7 Å². The molecule has 2 amide bonds. The van der Waals surface area contributed by atoms with Gasteiger partial charge < -0.3 is 10.6 Å². The quantitative estimate of drug-likeness (QED) is 0.666. The van der Waals surface area contributed by atoms with Crippen molar-refractivity contribution in [2.75, 3.05) is 11.9 Å². The first kappa shape index (κ1) is 15.2. The van der Waals surface area contributed by atoms with Crippen LogP contribution in [0.4, 0.5) is 5.69 Å². The molecule has 118 valence electrons. The lowest BCUT2D eigenvalue weighted by molar-refractivity contribution is -0.115. The molecule has 3 N–H and O–H groups in total. The topological polar surface area (TPSA) is 124 Å². The van der Waals surface area contributed by atoms with E-state index in [0.29, 0.717) is 27.8 Å². The molecule has 0 fully saturated rings. The second-order valence-electron chi connectivity index (χ2n) is 4.95. The van der Waals surface area contributed by atoms with Crippen molar-refractivity contribution in [2.24, 2.45) is 0 Å². The Morgan fingerprint density at radius 3 is 2.58 bits per heavy atom. The van der Waals surface area contributed by atoms with E-state index in [-0.39, 0.29) is 18.4 Å². The van der Waals surface area contributed by atoms with E-state index in [1.54, 1.807) is 30.3 Å². The van der Waals surface area contributed by atoms with E-state index in [4.69, 9.17) is 5.26 Å². The molecule has 8 heteroatoms. The standard InChI is InChI=1S/C16H12N6O2/c17-8-10-1-3-11(4-2-10)16(24)18-9-15(23)19-12-5-6-13-14(7-12)21-22-20-13/h1-7H,9H2,(H,18,24)(H,19,23)(H,20,21,22). The second kappa shape index (κ2) is 6.58. The van der Waals surface area contributed by atoms with Crippen LogP contribution in [0.5, 0.6) is 0 Å². The van der Waals surface area contributed by atoms with Crippen LogP contribution in [0.3, 0.4) is 0 Å². The Hall–Kier alpha value is -3.73. The van der Waals surface area contributed by atoms with Gasteiger partial charge in [0.15, 0.2) is 0 Å². The number of nitrogens with zero attached hydrogens (tertiary/aromatic N) is 3. The first-order valence-corrected chi connectivity index (χ1v) is 7.04. The number of hydrogen-bond acceptors (Lipinski definition) is 5. The minimum atomic E-state index is -0.387. The molecule has 8 nitrogen and oxygen atoms in total. The molecule has 0 saturated carbocycles. The Kier molecular flexibility index (Phi) is 4.16. The third kappa shape index (κ3) is 3.36. The molecule has 1 heterocycles. The first-order chi connectivity index (χ1) is 11.7. The number of benzene rings is 2. The molecule has 24 heavy (non-hydrogen) atoms. The highest BCUT2D eigenvalue weighted by molar-refractivity contribution is 5.99. The van der Waals surface area contributed by atoms with Gasteiger partial charge in [0, 0.05) is 11.3 Å². The molecule has 3 aromatic rings. The number of carbonyl (C=O) groups excluding carboxylic acids is 2. The number of anilines is 1. The average molecular weight is 320 g/mol. The number of rotatable bonds is 4. The average Bonchev–Trinajstić information content (AvgIpc) is 3.07. The highest BCUT2D eigenvalue weighted by Crippen LogP contribution is 2.14. The normalized spacial score (nSPS) is 10.1. The molecule has 0 radical (unpaired) electrons. The van der Waals surface area contributed by atoms with Gasteiger partial charge in [-0.15, -0.1) is 0 Å². The third-order valence-electron chi connectivity index (χ3n) is 3.29. The summed E-state index contributed by atoms with van der Waals surface area (Å²) < 4.78 is 0. The molecule has 0 aliphatic carbocycles. The van der Waals surface area contributed by atoms with Crippen LogP contribution in [0.15, 0.2) is 42.5 Å². The van der Waals surface area contributed by atoms with Gasteiger partial charge in [-0.05, 0) is 42.5 Å². The number of aromatic amines is 1. The number of H-pyrrole nitrogens is 1. The molecule has 0 aliphatic heterocycles. The molecule has 0 bridgehead atoms. The van der Waals surface area contributed by atoms with E-state index in [0.717, 1.165) is 0 Å². The van der Waals surface area contributed by atoms with Crippen molar-refractivity contribution in [3.63, 3.8) is 0 Å². The van der Waals surface area contributed by atoms with Crippen molar-refractivity contribution >= 4 is 28.5 Å². The van der Waals surface area contributed by atoms with Gasteiger partial charge in [-0.25, -0.2) is 0 Å². The molecule has 1 aromatic heterocycles. The van der Waals surface area contributed by atoms with Gasteiger partial charge in [-0.1, -0.05) is 0 Å². The molecule has 0 spiro atoms. The minimum absolute atomic E-state index is 0.171. The maximum absolute atomic E-state index is 11.9. The number of hydrogen-bond donors (Lipinski definition) is 3.